The zero-order valence-corrected chi connectivity index (χ0v) is 15.4. The Bertz CT molecular complexity index is 786. The smallest absolute Gasteiger partial charge is 0.261 e. The molecule has 6 nitrogen and oxygen atoms in total. The van der Waals surface area contributed by atoms with Gasteiger partial charge in [-0.2, -0.15) is 0 Å². The van der Waals surface area contributed by atoms with Crippen LogP contribution in [0.2, 0.25) is 0 Å². The summed E-state index contributed by atoms with van der Waals surface area (Å²) in [5, 5.41) is 8.86. The highest BCUT2D eigenvalue weighted by Gasteiger charge is 2.34. The molecule has 2 aliphatic heterocycles. The fraction of sp³-hybridized carbons (Fsp3) is 0.550. The van der Waals surface area contributed by atoms with Gasteiger partial charge in [0.15, 0.2) is 12.4 Å². The number of amides is 1. The number of aryl methyl sites for hydroxylation is 2. The number of aromatic nitrogens is 3. The molecular formula is C20H26N4O2. The summed E-state index contributed by atoms with van der Waals surface area (Å²) in [4.78, 5) is 14.7. The number of hydrogen-bond donors (Lipinski definition) is 0. The van der Waals surface area contributed by atoms with Gasteiger partial charge in [-0.15, -0.1) is 10.2 Å². The Morgan fingerprint density at radius 2 is 2.12 bits per heavy atom. The van der Waals surface area contributed by atoms with Crippen LogP contribution < -0.4 is 4.74 Å². The molecule has 0 N–H and O–H groups in total. The minimum atomic E-state index is 0.0278. The first-order valence-electron chi connectivity index (χ1n) is 9.63. The monoisotopic (exact) mass is 354 g/mol. The van der Waals surface area contributed by atoms with E-state index in [0.29, 0.717) is 0 Å². The van der Waals surface area contributed by atoms with Gasteiger partial charge >= 0.3 is 0 Å². The van der Waals surface area contributed by atoms with Crippen molar-refractivity contribution in [3.63, 3.8) is 0 Å². The Labute approximate surface area is 154 Å². The molecule has 1 atom stereocenters. The maximum absolute atomic E-state index is 12.8. The molecule has 0 spiro atoms. The molecule has 2 aliphatic rings. The molecule has 1 unspecified atom stereocenters. The number of likely N-dealkylation sites (tertiary alicyclic amines) is 1. The van der Waals surface area contributed by atoms with Crippen molar-refractivity contribution >= 4 is 5.91 Å². The zero-order valence-electron chi connectivity index (χ0n) is 15.4. The molecule has 1 aromatic heterocycles. The molecule has 26 heavy (non-hydrogen) atoms. The maximum atomic E-state index is 12.8. The highest BCUT2D eigenvalue weighted by Crippen LogP contribution is 2.32. The maximum Gasteiger partial charge on any atom is 0.261 e. The lowest BCUT2D eigenvalue weighted by molar-refractivity contribution is -0.134. The fourth-order valence-electron chi connectivity index (χ4n) is 4.02. The predicted octanol–water partition coefficient (Wildman–Crippen LogP) is 3.06. The van der Waals surface area contributed by atoms with Gasteiger partial charge in [-0.25, -0.2) is 0 Å². The third-order valence-corrected chi connectivity index (χ3v) is 5.36. The second kappa shape index (κ2) is 7.48. The van der Waals surface area contributed by atoms with Gasteiger partial charge in [-0.1, -0.05) is 18.6 Å². The lowest BCUT2D eigenvalue weighted by Crippen LogP contribution is -2.35. The molecule has 0 saturated carbocycles. The van der Waals surface area contributed by atoms with E-state index in [2.05, 4.69) is 14.8 Å². The average Bonchev–Trinajstić information content (AvgIpc) is 3.21. The first-order valence-corrected chi connectivity index (χ1v) is 9.63. The standard InChI is InChI=1S/C20H26N4O2/c1-15-7-5-8-16(13-15)26-14-19(25)23-12-6-9-17(23)20-22-21-18-10-3-2-4-11-24(18)20/h5,7-8,13,17H,2-4,6,9-12,14H2,1H3. The average molecular weight is 354 g/mol. The highest BCUT2D eigenvalue weighted by molar-refractivity contribution is 5.78. The normalized spacial score (nSPS) is 19.9. The molecule has 1 amide bonds. The van der Waals surface area contributed by atoms with Crippen LogP contribution in [0, 0.1) is 6.92 Å². The molecule has 2 aromatic rings. The number of ether oxygens (including phenoxy) is 1. The minimum absolute atomic E-state index is 0.0278. The second-order valence-corrected chi connectivity index (χ2v) is 7.29. The Morgan fingerprint density at radius 1 is 1.19 bits per heavy atom. The van der Waals surface area contributed by atoms with Crippen LogP contribution >= 0.6 is 0 Å². The van der Waals surface area contributed by atoms with Crippen molar-refractivity contribution in [3.05, 3.63) is 41.5 Å². The third kappa shape index (κ3) is 3.45. The molecule has 0 bridgehead atoms. The quantitative estimate of drug-likeness (QED) is 0.847. The van der Waals surface area contributed by atoms with Gasteiger partial charge in [-0.3, -0.25) is 4.79 Å². The summed E-state index contributed by atoms with van der Waals surface area (Å²) in [6.07, 6.45) is 6.52. The SMILES string of the molecule is Cc1cccc(OCC(=O)N2CCCC2c2nnc3n2CCCCC3)c1. The van der Waals surface area contributed by atoms with Gasteiger partial charge in [0.1, 0.15) is 11.6 Å². The number of fused-ring (bicyclic) bond motifs is 1. The van der Waals surface area contributed by atoms with Crippen molar-refractivity contribution in [1.82, 2.24) is 19.7 Å². The molecule has 0 aliphatic carbocycles. The summed E-state index contributed by atoms with van der Waals surface area (Å²) in [6, 6.07) is 7.83. The van der Waals surface area contributed by atoms with Crippen molar-refractivity contribution in [2.24, 2.45) is 0 Å². The van der Waals surface area contributed by atoms with Crippen LogP contribution in [-0.2, 0) is 17.8 Å². The Kier molecular flexibility index (Phi) is 4.91. The van der Waals surface area contributed by atoms with E-state index in [9.17, 15) is 4.79 Å². The van der Waals surface area contributed by atoms with E-state index in [-0.39, 0.29) is 18.6 Å². The third-order valence-electron chi connectivity index (χ3n) is 5.36. The topological polar surface area (TPSA) is 60.2 Å². The molecule has 1 fully saturated rings. The van der Waals surface area contributed by atoms with Gasteiger partial charge in [-0.05, 0) is 50.3 Å². The Balaban J connectivity index is 1.46. The zero-order chi connectivity index (χ0) is 17.9. The minimum Gasteiger partial charge on any atom is -0.484 e. The summed E-state index contributed by atoms with van der Waals surface area (Å²) in [5.41, 5.74) is 1.13. The molecule has 1 aromatic carbocycles. The number of rotatable bonds is 4. The van der Waals surface area contributed by atoms with Crippen LogP contribution in [0.5, 0.6) is 5.75 Å². The molecule has 0 radical (unpaired) electrons. The first-order chi connectivity index (χ1) is 12.7. The van der Waals surface area contributed by atoms with E-state index in [4.69, 9.17) is 4.74 Å². The second-order valence-electron chi connectivity index (χ2n) is 7.29. The highest BCUT2D eigenvalue weighted by atomic mass is 16.5. The van der Waals surface area contributed by atoms with Crippen LogP contribution in [-0.4, -0.2) is 38.7 Å². The van der Waals surface area contributed by atoms with Crippen molar-refractivity contribution in [2.75, 3.05) is 13.2 Å². The lowest BCUT2D eigenvalue weighted by Gasteiger charge is -2.24. The van der Waals surface area contributed by atoms with E-state index in [1.54, 1.807) is 0 Å². The lowest BCUT2D eigenvalue weighted by atomic mass is 10.2. The molecule has 4 rings (SSSR count). The first kappa shape index (κ1) is 17.1. The van der Waals surface area contributed by atoms with Gasteiger partial charge in [0.05, 0.1) is 6.04 Å². The summed E-state index contributed by atoms with van der Waals surface area (Å²) in [7, 11) is 0. The van der Waals surface area contributed by atoms with Crippen LogP contribution in [0.15, 0.2) is 24.3 Å². The van der Waals surface area contributed by atoms with Gasteiger partial charge in [0, 0.05) is 19.5 Å². The van der Waals surface area contributed by atoms with Crippen molar-refractivity contribution in [2.45, 2.75) is 58.0 Å². The van der Waals surface area contributed by atoms with Gasteiger partial charge < -0.3 is 14.2 Å². The van der Waals surface area contributed by atoms with Gasteiger partial charge in [0.25, 0.3) is 5.91 Å². The van der Waals surface area contributed by atoms with Gasteiger partial charge in [0.2, 0.25) is 0 Å². The number of carbonyl (C=O) groups excluding carboxylic acids is 1. The van der Waals surface area contributed by atoms with Crippen molar-refractivity contribution < 1.29 is 9.53 Å². The van der Waals surface area contributed by atoms with E-state index in [0.717, 1.165) is 61.7 Å². The number of carbonyl (C=O) groups is 1. The summed E-state index contributed by atoms with van der Waals surface area (Å²) < 4.78 is 7.98. The molecule has 138 valence electrons. The van der Waals surface area contributed by atoms with Crippen LogP contribution in [0.4, 0.5) is 0 Å². The molecule has 6 heteroatoms. The van der Waals surface area contributed by atoms with Crippen LogP contribution in [0.3, 0.4) is 0 Å². The summed E-state index contributed by atoms with van der Waals surface area (Å²) in [6.45, 7) is 3.82. The van der Waals surface area contributed by atoms with E-state index in [1.165, 1.54) is 12.8 Å². The Morgan fingerprint density at radius 3 is 3.00 bits per heavy atom. The molecular weight excluding hydrogens is 328 g/mol. The molecule has 3 heterocycles. The van der Waals surface area contributed by atoms with E-state index >= 15 is 0 Å². The number of nitrogens with zero attached hydrogens (tertiary/aromatic N) is 4. The van der Waals surface area contributed by atoms with E-state index < -0.39 is 0 Å². The summed E-state index contributed by atoms with van der Waals surface area (Å²) in [5.74, 6) is 2.81. The predicted molar refractivity (Wildman–Crippen MR) is 97.9 cm³/mol. The Hall–Kier alpha value is -2.37. The number of benzene rings is 1. The van der Waals surface area contributed by atoms with Crippen molar-refractivity contribution in [3.8, 4) is 5.75 Å². The summed E-state index contributed by atoms with van der Waals surface area (Å²) >= 11 is 0. The number of hydrogen-bond acceptors (Lipinski definition) is 4. The van der Waals surface area contributed by atoms with Crippen LogP contribution in [0.1, 0.15) is 55.4 Å². The largest absolute Gasteiger partial charge is 0.484 e. The van der Waals surface area contributed by atoms with Crippen molar-refractivity contribution in [1.29, 1.82) is 0 Å². The van der Waals surface area contributed by atoms with E-state index in [1.807, 2.05) is 36.1 Å². The van der Waals surface area contributed by atoms with Crippen LogP contribution in [0.25, 0.3) is 0 Å². The fourth-order valence-corrected chi connectivity index (χ4v) is 4.02. The molecule has 1 saturated heterocycles.